The van der Waals surface area contributed by atoms with E-state index in [1.54, 1.807) is 18.3 Å². The Hall–Kier alpha value is -1.91. The van der Waals surface area contributed by atoms with Crippen LogP contribution < -0.4 is 5.32 Å². The van der Waals surface area contributed by atoms with Gasteiger partial charge in [0.05, 0.1) is 0 Å². The number of anilines is 1. The van der Waals surface area contributed by atoms with Gasteiger partial charge in [-0.05, 0) is 37.1 Å². The number of fused-ring (bicyclic) bond motifs is 1. The van der Waals surface area contributed by atoms with Crippen LogP contribution in [0.25, 0.3) is 10.9 Å². The second-order valence-corrected chi connectivity index (χ2v) is 5.40. The van der Waals surface area contributed by atoms with Gasteiger partial charge in [-0.15, -0.1) is 0 Å². The summed E-state index contributed by atoms with van der Waals surface area (Å²) >= 11 is 0. The van der Waals surface area contributed by atoms with Crippen LogP contribution in [0.5, 0.6) is 0 Å². The number of carbonyl (C=O) groups excluding carboxylic acids is 1. The lowest BCUT2D eigenvalue weighted by Crippen LogP contribution is -2.39. The first-order valence-corrected chi connectivity index (χ1v) is 6.79. The van der Waals surface area contributed by atoms with Gasteiger partial charge in [0.2, 0.25) is 5.91 Å². The summed E-state index contributed by atoms with van der Waals surface area (Å²) in [7, 11) is 0. The van der Waals surface area contributed by atoms with E-state index in [2.05, 4.69) is 10.3 Å². The molecule has 0 atom stereocenters. The molecule has 1 fully saturated rings. The maximum Gasteiger partial charge on any atom is 0.252 e. The number of H-pyrrole nitrogens is 1. The van der Waals surface area contributed by atoms with E-state index < -0.39 is 17.7 Å². The van der Waals surface area contributed by atoms with Gasteiger partial charge in [0.25, 0.3) is 6.43 Å². The number of alkyl halides is 2. The second-order valence-electron chi connectivity index (χ2n) is 5.40. The normalized spacial score (nSPS) is 17.8. The molecule has 1 aromatic heterocycles. The van der Waals surface area contributed by atoms with Crippen molar-refractivity contribution in [3.05, 3.63) is 30.5 Å². The number of hydrogen-bond donors (Lipinski definition) is 2. The summed E-state index contributed by atoms with van der Waals surface area (Å²) in [6, 6.07) is 7.22. The van der Waals surface area contributed by atoms with Crippen LogP contribution in [0.15, 0.2) is 30.5 Å². The molecule has 1 heterocycles. The third-order valence-electron chi connectivity index (χ3n) is 4.18. The number of hydrogen-bond acceptors (Lipinski definition) is 1. The number of benzene rings is 1. The molecule has 0 bridgehead atoms. The molecule has 1 amide bonds. The van der Waals surface area contributed by atoms with Gasteiger partial charge >= 0.3 is 0 Å². The zero-order valence-corrected chi connectivity index (χ0v) is 11.0. The smallest absolute Gasteiger partial charge is 0.252 e. The molecule has 20 heavy (non-hydrogen) atoms. The van der Waals surface area contributed by atoms with E-state index >= 15 is 0 Å². The van der Waals surface area contributed by atoms with Crippen LogP contribution in [0.1, 0.15) is 25.7 Å². The summed E-state index contributed by atoms with van der Waals surface area (Å²) in [5.74, 6) is -0.556. The molecule has 1 aliphatic carbocycles. The highest BCUT2D eigenvalue weighted by Gasteiger charge is 2.49. The first-order chi connectivity index (χ1) is 9.62. The van der Waals surface area contributed by atoms with Crippen molar-refractivity contribution in [2.45, 2.75) is 32.1 Å². The van der Waals surface area contributed by atoms with Crippen molar-refractivity contribution in [2.75, 3.05) is 5.32 Å². The van der Waals surface area contributed by atoms with Crippen molar-refractivity contribution >= 4 is 22.5 Å². The van der Waals surface area contributed by atoms with E-state index in [-0.39, 0.29) is 12.8 Å². The quantitative estimate of drug-likeness (QED) is 0.877. The maximum atomic E-state index is 13.3. The van der Waals surface area contributed by atoms with Crippen LogP contribution in [0.4, 0.5) is 14.5 Å². The Morgan fingerprint density at radius 1 is 1.25 bits per heavy atom. The standard InChI is InChI=1S/C15H16F2N2O/c16-13(17)15(6-1-2-7-15)14(20)19-11-3-4-12-10(9-11)5-8-18-12/h3-5,8-9,13,18H,1-2,6-7H2,(H,19,20). The average molecular weight is 278 g/mol. The number of halogens is 2. The van der Waals surface area contributed by atoms with Gasteiger partial charge in [-0.25, -0.2) is 8.78 Å². The molecule has 0 unspecified atom stereocenters. The van der Waals surface area contributed by atoms with Crippen LogP contribution >= 0.6 is 0 Å². The zero-order valence-electron chi connectivity index (χ0n) is 11.0. The van der Waals surface area contributed by atoms with Crippen LogP contribution in [0, 0.1) is 5.41 Å². The van der Waals surface area contributed by atoms with E-state index in [9.17, 15) is 13.6 Å². The summed E-state index contributed by atoms with van der Waals surface area (Å²) in [5.41, 5.74) is 0.00840. The third-order valence-corrected chi connectivity index (χ3v) is 4.18. The summed E-state index contributed by atoms with van der Waals surface area (Å²) in [6.07, 6.45) is 1.10. The van der Waals surface area contributed by atoms with Gasteiger partial charge in [0.1, 0.15) is 5.41 Å². The molecule has 3 rings (SSSR count). The Balaban J connectivity index is 1.84. The number of nitrogens with one attached hydrogen (secondary N) is 2. The Labute approximate surface area is 115 Å². The van der Waals surface area contributed by atoms with Crippen molar-refractivity contribution in [3.8, 4) is 0 Å². The third kappa shape index (κ3) is 2.07. The molecule has 0 spiro atoms. The molecule has 0 aliphatic heterocycles. The Bertz CT molecular complexity index is 630. The second kappa shape index (κ2) is 4.89. The molecular weight excluding hydrogens is 262 g/mol. The minimum absolute atomic E-state index is 0.267. The summed E-state index contributed by atoms with van der Waals surface area (Å²) in [5, 5.41) is 3.60. The topological polar surface area (TPSA) is 44.9 Å². The molecule has 3 nitrogen and oxygen atoms in total. The molecule has 0 radical (unpaired) electrons. The lowest BCUT2D eigenvalue weighted by Gasteiger charge is -2.26. The molecule has 5 heteroatoms. The molecule has 1 aliphatic rings. The number of aromatic amines is 1. The zero-order chi connectivity index (χ0) is 14.2. The maximum absolute atomic E-state index is 13.3. The first kappa shape index (κ1) is 13.1. The Morgan fingerprint density at radius 2 is 2.00 bits per heavy atom. The van der Waals surface area contributed by atoms with Crippen molar-refractivity contribution in [1.82, 2.24) is 4.98 Å². The van der Waals surface area contributed by atoms with Crippen LogP contribution in [0.2, 0.25) is 0 Å². The van der Waals surface area contributed by atoms with Gasteiger partial charge in [-0.2, -0.15) is 0 Å². The number of amides is 1. The summed E-state index contributed by atoms with van der Waals surface area (Å²) in [6.45, 7) is 0. The molecule has 2 aromatic rings. The van der Waals surface area contributed by atoms with Crippen LogP contribution in [-0.4, -0.2) is 17.3 Å². The van der Waals surface area contributed by atoms with Crippen molar-refractivity contribution in [1.29, 1.82) is 0 Å². The summed E-state index contributed by atoms with van der Waals surface area (Å²) < 4.78 is 26.6. The highest BCUT2D eigenvalue weighted by molar-refractivity contribution is 5.97. The van der Waals surface area contributed by atoms with Gasteiger partial charge in [0, 0.05) is 22.8 Å². The fourth-order valence-electron chi connectivity index (χ4n) is 2.94. The predicted molar refractivity (Wildman–Crippen MR) is 73.8 cm³/mol. The minimum Gasteiger partial charge on any atom is -0.361 e. The lowest BCUT2D eigenvalue weighted by molar-refractivity contribution is -0.134. The SMILES string of the molecule is O=C(Nc1ccc2[nH]ccc2c1)C1(C(F)F)CCCC1. The Morgan fingerprint density at radius 3 is 2.70 bits per heavy atom. The van der Waals surface area contributed by atoms with Crippen molar-refractivity contribution in [2.24, 2.45) is 5.41 Å². The van der Waals surface area contributed by atoms with E-state index in [1.165, 1.54) is 0 Å². The van der Waals surface area contributed by atoms with Gasteiger partial charge < -0.3 is 10.3 Å². The van der Waals surface area contributed by atoms with Crippen molar-refractivity contribution < 1.29 is 13.6 Å². The monoisotopic (exact) mass is 278 g/mol. The molecule has 2 N–H and O–H groups in total. The van der Waals surface area contributed by atoms with Gasteiger partial charge in [-0.3, -0.25) is 4.79 Å². The minimum atomic E-state index is -2.61. The largest absolute Gasteiger partial charge is 0.361 e. The Kier molecular flexibility index (Phi) is 3.20. The van der Waals surface area contributed by atoms with Gasteiger partial charge in [-0.1, -0.05) is 12.8 Å². The van der Waals surface area contributed by atoms with E-state index in [0.717, 1.165) is 10.9 Å². The number of rotatable bonds is 3. The van der Waals surface area contributed by atoms with Crippen molar-refractivity contribution in [3.63, 3.8) is 0 Å². The van der Waals surface area contributed by atoms with Crippen LogP contribution in [-0.2, 0) is 4.79 Å². The molecule has 0 saturated heterocycles. The highest BCUT2D eigenvalue weighted by atomic mass is 19.3. The summed E-state index contributed by atoms with van der Waals surface area (Å²) in [4.78, 5) is 15.3. The number of aromatic nitrogens is 1. The molecular formula is C15H16F2N2O. The predicted octanol–water partition coefficient (Wildman–Crippen LogP) is 3.93. The first-order valence-electron chi connectivity index (χ1n) is 6.79. The lowest BCUT2D eigenvalue weighted by atomic mass is 9.85. The van der Waals surface area contributed by atoms with E-state index in [0.29, 0.717) is 18.5 Å². The molecule has 106 valence electrons. The van der Waals surface area contributed by atoms with Crippen LogP contribution in [0.3, 0.4) is 0 Å². The fraction of sp³-hybridized carbons (Fsp3) is 0.400. The molecule has 1 aromatic carbocycles. The van der Waals surface area contributed by atoms with E-state index in [4.69, 9.17) is 0 Å². The highest BCUT2D eigenvalue weighted by Crippen LogP contribution is 2.44. The van der Waals surface area contributed by atoms with E-state index in [1.807, 2.05) is 12.1 Å². The van der Waals surface area contributed by atoms with Gasteiger partial charge in [0.15, 0.2) is 0 Å². The average Bonchev–Trinajstić information content (AvgIpc) is 3.07. The fourth-order valence-corrected chi connectivity index (χ4v) is 2.94. The number of carbonyl (C=O) groups is 1. The molecule has 1 saturated carbocycles.